The van der Waals surface area contributed by atoms with Crippen molar-refractivity contribution in [3.63, 3.8) is 0 Å². The zero-order valence-corrected chi connectivity index (χ0v) is 17.6. The van der Waals surface area contributed by atoms with Crippen LogP contribution in [0.25, 0.3) is 0 Å². The first-order chi connectivity index (χ1) is 12.0. The minimum absolute atomic E-state index is 0. The molecule has 2 unspecified atom stereocenters. The van der Waals surface area contributed by atoms with Crippen molar-refractivity contribution in [2.75, 3.05) is 11.9 Å². The number of aromatic nitrogens is 1. The number of nitrogens with one attached hydrogen (secondary N) is 3. The lowest BCUT2D eigenvalue weighted by Gasteiger charge is -2.28. The smallest absolute Gasteiger partial charge is 0.260 e. The van der Waals surface area contributed by atoms with Crippen LogP contribution in [0.3, 0.4) is 0 Å². The Labute approximate surface area is 174 Å². The molecule has 1 saturated heterocycles. The second-order valence-corrected chi connectivity index (χ2v) is 7.17. The summed E-state index contributed by atoms with van der Waals surface area (Å²) in [5.41, 5.74) is 1.14. The normalized spacial score (nSPS) is 18.7. The maximum atomic E-state index is 12.2. The van der Waals surface area contributed by atoms with Gasteiger partial charge in [0, 0.05) is 17.5 Å². The predicted octanol–water partition coefficient (Wildman–Crippen LogP) is 2.94. The zero-order chi connectivity index (χ0) is 17.8. The van der Waals surface area contributed by atoms with Crippen molar-refractivity contribution in [2.45, 2.75) is 45.2 Å². The Morgan fingerprint density at radius 2 is 2.19 bits per heavy atom. The van der Waals surface area contributed by atoms with Crippen LogP contribution in [0.1, 0.15) is 41.6 Å². The highest BCUT2D eigenvalue weighted by atomic mass is 35.5. The number of furan rings is 1. The van der Waals surface area contributed by atoms with Crippen LogP contribution < -0.4 is 16.0 Å². The van der Waals surface area contributed by atoms with Gasteiger partial charge in [-0.25, -0.2) is 4.98 Å². The largest absolute Gasteiger partial charge is 0.469 e. The maximum absolute atomic E-state index is 12.2. The molecule has 10 heteroatoms. The average molecular weight is 435 g/mol. The summed E-state index contributed by atoms with van der Waals surface area (Å²) in [6.07, 6.45) is 3.57. The molecule has 1 aliphatic heterocycles. The van der Waals surface area contributed by atoms with Crippen molar-refractivity contribution in [1.82, 2.24) is 15.6 Å². The second kappa shape index (κ2) is 10.7. The lowest BCUT2D eigenvalue weighted by atomic mass is 10.0. The third-order valence-corrected chi connectivity index (χ3v) is 5.01. The molecule has 0 spiro atoms. The molecular weight excluding hydrogens is 411 g/mol. The Kier molecular flexibility index (Phi) is 9.25. The minimum atomic E-state index is -0.264. The number of carbonyl (C=O) groups excluding carboxylic acids is 2. The van der Waals surface area contributed by atoms with Crippen LogP contribution in [-0.2, 0) is 11.2 Å². The third kappa shape index (κ3) is 6.49. The SMILES string of the molecule is Cc1occc1C(=O)Nc1nc(CC(=O)NC2CCNC(C)C2)cs1.Cl.Cl. The Morgan fingerprint density at radius 1 is 1.41 bits per heavy atom. The Morgan fingerprint density at radius 3 is 2.85 bits per heavy atom. The summed E-state index contributed by atoms with van der Waals surface area (Å²) in [7, 11) is 0. The van der Waals surface area contributed by atoms with Crippen molar-refractivity contribution >= 4 is 53.1 Å². The van der Waals surface area contributed by atoms with Crippen LogP contribution in [-0.4, -0.2) is 35.4 Å². The van der Waals surface area contributed by atoms with Gasteiger partial charge in [-0.3, -0.25) is 14.9 Å². The third-order valence-electron chi connectivity index (χ3n) is 4.21. The van der Waals surface area contributed by atoms with Gasteiger partial charge < -0.3 is 15.1 Å². The molecule has 7 nitrogen and oxygen atoms in total. The Bertz CT molecular complexity index is 765. The molecule has 2 aromatic rings. The summed E-state index contributed by atoms with van der Waals surface area (Å²) in [6, 6.07) is 2.25. The molecule has 3 heterocycles. The van der Waals surface area contributed by atoms with E-state index in [1.807, 2.05) is 0 Å². The molecule has 27 heavy (non-hydrogen) atoms. The molecule has 150 valence electrons. The van der Waals surface area contributed by atoms with E-state index >= 15 is 0 Å². The van der Waals surface area contributed by atoms with Gasteiger partial charge in [-0.1, -0.05) is 0 Å². The van der Waals surface area contributed by atoms with Gasteiger partial charge in [0.1, 0.15) is 5.76 Å². The molecule has 0 radical (unpaired) electrons. The first kappa shape index (κ1) is 23.4. The number of hydrogen-bond acceptors (Lipinski definition) is 6. The van der Waals surface area contributed by atoms with Crippen LogP contribution in [0.4, 0.5) is 5.13 Å². The van der Waals surface area contributed by atoms with E-state index in [9.17, 15) is 9.59 Å². The summed E-state index contributed by atoms with van der Waals surface area (Å²) in [6.45, 7) is 4.77. The van der Waals surface area contributed by atoms with Gasteiger partial charge >= 0.3 is 0 Å². The van der Waals surface area contributed by atoms with Crippen LogP contribution in [0.5, 0.6) is 0 Å². The standard InChI is InChI=1S/C17H22N4O3S.2ClH/c1-10-7-12(3-5-18-10)19-15(22)8-13-9-25-17(20-13)21-16(23)14-4-6-24-11(14)2;;/h4,6,9-10,12,18H,3,5,7-8H2,1-2H3,(H,19,22)(H,20,21,23);2*1H. The van der Waals surface area contributed by atoms with Gasteiger partial charge in [-0.15, -0.1) is 36.2 Å². The second-order valence-electron chi connectivity index (χ2n) is 6.31. The van der Waals surface area contributed by atoms with E-state index in [-0.39, 0.29) is 49.1 Å². The number of carbonyl (C=O) groups is 2. The molecule has 3 rings (SSSR count). The van der Waals surface area contributed by atoms with Crippen molar-refractivity contribution in [2.24, 2.45) is 0 Å². The molecule has 3 N–H and O–H groups in total. The quantitative estimate of drug-likeness (QED) is 0.671. The van der Waals surface area contributed by atoms with Crippen LogP contribution in [0, 0.1) is 6.92 Å². The molecular formula is C17H24Cl2N4O3S. The molecule has 1 aliphatic rings. The number of thiazole rings is 1. The zero-order valence-electron chi connectivity index (χ0n) is 15.1. The number of anilines is 1. The maximum Gasteiger partial charge on any atom is 0.260 e. The average Bonchev–Trinajstić information content (AvgIpc) is 3.16. The number of halogens is 2. The van der Waals surface area contributed by atoms with Crippen molar-refractivity contribution in [1.29, 1.82) is 0 Å². The molecule has 0 saturated carbocycles. The van der Waals surface area contributed by atoms with Gasteiger partial charge in [-0.2, -0.15) is 0 Å². The van der Waals surface area contributed by atoms with Gasteiger partial charge in [0.2, 0.25) is 5.91 Å². The van der Waals surface area contributed by atoms with Gasteiger partial charge in [0.05, 0.1) is 23.9 Å². The molecule has 2 atom stereocenters. The molecule has 1 fully saturated rings. The summed E-state index contributed by atoms with van der Waals surface area (Å²) < 4.78 is 5.13. The Hall–Kier alpha value is -1.61. The minimum Gasteiger partial charge on any atom is -0.469 e. The van der Waals surface area contributed by atoms with Gasteiger partial charge in [-0.05, 0) is 39.3 Å². The number of hydrogen-bond donors (Lipinski definition) is 3. The van der Waals surface area contributed by atoms with E-state index in [0.717, 1.165) is 19.4 Å². The van der Waals surface area contributed by atoms with E-state index in [1.54, 1.807) is 18.4 Å². The van der Waals surface area contributed by atoms with Crippen LogP contribution in [0.15, 0.2) is 22.1 Å². The lowest BCUT2D eigenvalue weighted by molar-refractivity contribution is -0.121. The molecule has 0 bridgehead atoms. The Balaban J connectivity index is 0.00000182. The van der Waals surface area contributed by atoms with E-state index in [4.69, 9.17) is 4.42 Å². The summed E-state index contributed by atoms with van der Waals surface area (Å²) in [5.74, 6) is 0.262. The fourth-order valence-electron chi connectivity index (χ4n) is 2.94. The number of rotatable bonds is 5. The lowest BCUT2D eigenvalue weighted by Crippen LogP contribution is -2.46. The first-order valence-electron chi connectivity index (χ1n) is 8.34. The number of nitrogens with zero attached hydrogens (tertiary/aromatic N) is 1. The van der Waals surface area contributed by atoms with E-state index in [1.165, 1.54) is 17.6 Å². The molecule has 0 aliphatic carbocycles. The fraction of sp³-hybridized carbons (Fsp3) is 0.471. The summed E-state index contributed by atoms with van der Waals surface area (Å²) in [5, 5.41) is 11.4. The highest BCUT2D eigenvalue weighted by Crippen LogP contribution is 2.18. The fourth-order valence-corrected chi connectivity index (χ4v) is 3.64. The van der Waals surface area contributed by atoms with Gasteiger partial charge in [0.25, 0.3) is 5.91 Å². The number of aryl methyl sites for hydroxylation is 1. The van der Waals surface area contributed by atoms with E-state index in [0.29, 0.717) is 28.2 Å². The van der Waals surface area contributed by atoms with Crippen molar-refractivity contribution in [3.8, 4) is 0 Å². The predicted molar refractivity (Wildman–Crippen MR) is 110 cm³/mol. The first-order valence-corrected chi connectivity index (χ1v) is 9.22. The topological polar surface area (TPSA) is 96.3 Å². The van der Waals surface area contributed by atoms with Crippen molar-refractivity contribution < 1.29 is 14.0 Å². The number of piperidine rings is 1. The molecule has 0 aromatic carbocycles. The monoisotopic (exact) mass is 434 g/mol. The van der Waals surface area contributed by atoms with E-state index in [2.05, 4.69) is 27.9 Å². The number of amides is 2. The van der Waals surface area contributed by atoms with Crippen LogP contribution in [0.2, 0.25) is 0 Å². The van der Waals surface area contributed by atoms with Gasteiger partial charge in [0.15, 0.2) is 5.13 Å². The van der Waals surface area contributed by atoms with Crippen LogP contribution >= 0.6 is 36.2 Å². The molecule has 2 amide bonds. The van der Waals surface area contributed by atoms with Crippen molar-refractivity contribution in [3.05, 3.63) is 34.7 Å². The summed E-state index contributed by atoms with van der Waals surface area (Å²) in [4.78, 5) is 28.6. The summed E-state index contributed by atoms with van der Waals surface area (Å²) >= 11 is 1.31. The van der Waals surface area contributed by atoms with E-state index < -0.39 is 0 Å². The highest BCUT2D eigenvalue weighted by Gasteiger charge is 2.20. The highest BCUT2D eigenvalue weighted by molar-refractivity contribution is 7.14. The molecule has 2 aromatic heterocycles.